The van der Waals surface area contributed by atoms with Crippen molar-refractivity contribution in [3.8, 4) is 0 Å². The van der Waals surface area contributed by atoms with Crippen LogP contribution >= 0.6 is 15.9 Å². The van der Waals surface area contributed by atoms with Gasteiger partial charge in [0.05, 0.1) is 0 Å². The number of nitrogens with one attached hydrogen (secondary N) is 1. The Hall–Kier alpha value is -0.640. The molecule has 1 N–H and O–H groups in total. The van der Waals surface area contributed by atoms with Crippen LogP contribution in [0.15, 0.2) is 6.33 Å². The summed E-state index contributed by atoms with van der Waals surface area (Å²) < 4.78 is 0. The Bertz CT molecular complexity index is 367. The molecular formula is C12H18BrN3. The molecule has 2 rings (SSSR count). The molecule has 0 amide bonds. The van der Waals surface area contributed by atoms with Gasteiger partial charge in [0.15, 0.2) is 0 Å². The largest absolute Gasteiger partial charge is 0.367 e. The van der Waals surface area contributed by atoms with E-state index in [1.54, 1.807) is 6.33 Å². The van der Waals surface area contributed by atoms with E-state index in [0.717, 1.165) is 24.0 Å². The minimum absolute atomic E-state index is 0.430. The van der Waals surface area contributed by atoms with Gasteiger partial charge in [0.25, 0.3) is 0 Å². The van der Waals surface area contributed by atoms with Gasteiger partial charge in [0.2, 0.25) is 0 Å². The third-order valence-corrected chi connectivity index (χ3v) is 4.36. The summed E-state index contributed by atoms with van der Waals surface area (Å²) in [5.74, 6) is 1.63. The maximum atomic E-state index is 4.37. The quantitative estimate of drug-likeness (QED) is 0.864. The van der Waals surface area contributed by atoms with Crippen LogP contribution in [0.1, 0.15) is 31.5 Å². The highest BCUT2D eigenvalue weighted by Crippen LogP contribution is 2.26. The number of rotatable bonds is 4. The lowest BCUT2D eigenvalue weighted by Crippen LogP contribution is -2.26. The van der Waals surface area contributed by atoms with Crippen LogP contribution in [0.3, 0.4) is 0 Å². The molecule has 0 aromatic carbocycles. The van der Waals surface area contributed by atoms with E-state index in [9.17, 15) is 0 Å². The number of anilines is 1. The highest BCUT2D eigenvalue weighted by molar-refractivity contribution is 9.09. The molecule has 0 saturated heterocycles. The van der Waals surface area contributed by atoms with Gasteiger partial charge < -0.3 is 5.32 Å². The van der Waals surface area contributed by atoms with Crippen molar-refractivity contribution >= 4 is 21.7 Å². The lowest BCUT2D eigenvalue weighted by atomic mass is 10.1. The zero-order chi connectivity index (χ0) is 11.5. The number of alkyl halides is 1. The van der Waals surface area contributed by atoms with Crippen molar-refractivity contribution in [1.29, 1.82) is 0 Å². The molecule has 0 aliphatic heterocycles. The molecule has 4 heteroatoms. The second-order valence-corrected chi connectivity index (χ2v) is 5.21. The van der Waals surface area contributed by atoms with Crippen molar-refractivity contribution < 1.29 is 0 Å². The van der Waals surface area contributed by atoms with Gasteiger partial charge in [-0.15, -0.1) is 0 Å². The van der Waals surface area contributed by atoms with Gasteiger partial charge >= 0.3 is 0 Å². The molecule has 2 unspecified atom stereocenters. The summed E-state index contributed by atoms with van der Waals surface area (Å²) in [7, 11) is 0. The van der Waals surface area contributed by atoms with E-state index in [1.165, 1.54) is 17.7 Å². The minimum Gasteiger partial charge on any atom is -0.367 e. The van der Waals surface area contributed by atoms with Gasteiger partial charge in [0.1, 0.15) is 12.1 Å². The topological polar surface area (TPSA) is 37.8 Å². The van der Waals surface area contributed by atoms with E-state index in [1.807, 2.05) is 0 Å². The molecule has 1 aromatic rings. The predicted molar refractivity (Wildman–Crippen MR) is 70.1 cm³/mol. The van der Waals surface area contributed by atoms with E-state index >= 15 is 0 Å². The molecule has 2 atom stereocenters. The van der Waals surface area contributed by atoms with E-state index in [4.69, 9.17) is 0 Å². The third-order valence-electron chi connectivity index (χ3n) is 3.34. The van der Waals surface area contributed by atoms with Crippen molar-refractivity contribution in [1.82, 2.24) is 9.97 Å². The lowest BCUT2D eigenvalue weighted by molar-refractivity contribution is 0.570. The van der Waals surface area contributed by atoms with Crippen LogP contribution in [0.4, 0.5) is 5.82 Å². The summed E-state index contributed by atoms with van der Waals surface area (Å²) in [6, 6.07) is 0.430. The lowest BCUT2D eigenvalue weighted by Gasteiger charge is -2.21. The number of aryl methyl sites for hydroxylation is 1. The van der Waals surface area contributed by atoms with E-state index in [2.05, 4.69) is 45.1 Å². The molecule has 0 saturated carbocycles. The van der Waals surface area contributed by atoms with Crippen LogP contribution in [0.5, 0.6) is 0 Å². The summed E-state index contributed by atoms with van der Waals surface area (Å²) in [5.41, 5.74) is 2.56. The molecular weight excluding hydrogens is 266 g/mol. The first kappa shape index (κ1) is 11.8. The second kappa shape index (κ2) is 5.13. The monoisotopic (exact) mass is 283 g/mol. The molecule has 1 aromatic heterocycles. The van der Waals surface area contributed by atoms with Crippen LogP contribution < -0.4 is 5.32 Å². The molecule has 0 radical (unpaired) electrons. The summed E-state index contributed by atoms with van der Waals surface area (Å²) in [6.07, 6.45) is 5.12. The van der Waals surface area contributed by atoms with Gasteiger partial charge in [-0.1, -0.05) is 22.9 Å². The van der Waals surface area contributed by atoms with E-state index < -0.39 is 0 Å². The standard InChI is InChI=1S/C12H18BrN3/c1-8(6-13)9(2)16-12-10-4-3-5-11(10)14-7-15-12/h7-9H,3-6H2,1-2H3,(H,14,15,16). The molecule has 1 aliphatic rings. The predicted octanol–water partition coefficient (Wildman–Crippen LogP) is 2.80. The fourth-order valence-corrected chi connectivity index (χ4v) is 2.54. The number of nitrogens with zero attached hydrogens (tertiary/aromatic N) is 2. The van der Waals surface area contributed by atoms with E-state index in [-0.39, 0.29) is 0 Å². The number of hydrogen-bond acceptors (Lipinski definition) is 3. The molecule has 0 bridgehead atoms. The van der Waals surface area contributed by atoms with Gasteiger partial charge in [-0.05, 0) is 32.1 Å². The highest BCUT2D eigenvalue weighted by atomic mass is 79.9. The first-order valence-electron chi connectivity index (χ1n) is 5.87. The summed E-state index contributed by atoms with van der Waals surface area (Å²) in [5, 5.41) is 4.52. The average molecular weight is 284 g/mol. The van der Waals surface area contributed by atoms with Gasteiger partial charge in [-0.25, -0.2) is 9.97 Å². The smallest absolute Gasteiger partial charge is 0.133 e. The Morgan fingerprint density at radius 2 is 2.19 bits per heavy atom. The van der Waals surface area contributed by atoms with Crippen molar-refractivity contribution in [2.45, 2.75) is 39.2 Å². The third kappa shape index (κ3) is 2.37. The zero-order valence-corrected chi connectivity index (χ0v) is 11.4. The summed E-state index contributed by atoms with van der Waals surface area (Å²) in [4.78, 5) is 8.70. The molecule has 0 spiro atoms. The van der Waals surface area contributed by atoms with Crippen LogP contribution in [-0.2, 0) is 12.8 Å². The van der Waals surface area contributed by atoms with Crippen LogP contribution in [0, 0.1) is 5.92 Å². The van der Waals surface area contributed by atoms with Gasteiger partial charge in [-0.2, -0.15) is 0 Å². The Morgan fingerprint density at radius 1 is 1.38 bits per heavy atom. The molecule has 3 nitrogen and oxygen atoms in total. The fraction of sp³-hybridized carbons (Fsp3) is 0.667. The van der Waals surface area contributed by atoms with Crippen LogP contribution in [0.2, 0.25) is 0 Å². The Balaban J connectivity index is 2.13. The Labute approximate surface area is 105 Å². The van der Waals surface area contributed by atoms with Crippen molar-refractivity contribution in [2.75, 3.05) is 10.6 Å². The van der Waals surface area contributed by atoms with E-state index in [0.29, 0.717) is 12.0 Å². The van der Waals surface area contributed by atoms with Gasteiger partial charge in [-0.3, -0.25) is 0 Å². The number of fused-ring (bicyclic) bond motifs is 1. The first-order chi connectivity index (χ1) is 7.72. The maximum Gasteiger partial charge on any atom is 0.133 e. The van der Waals surface area contributed by atoms with Crippen molar-refractivity contribution in [3.63, 3.8) is 0 Å². The Morgan fingerprint density at radius 3 is 2.94 bits per heavy atom. The molecule has 0 fully saturated rings. The van der Waals surface area contributed by atoms with Crippen LogP contribution in [-0.4, -0.2) is 21.3 Å². The molecule has 16 heavy (non-hydrogen) atoms. The maximum absolute atomic E-state index is 4.37. The SMILES string of the molecule is CC(CBr)C(C)Nc1ncnc2c1CCC2. The van der Waals surface area contributed by atoms with Gasteiger partial charge in [0, 0.05) is 22.6 Å². The number of aromatic nitrogens is 2. The Kier molecular flexibility index (Phi) is 3.79. The van der Waals surface area contributed by atoms with Crippen molar-refractivity contribution in [2.24, 2.45) is 5.92 Å². The number of hydrogen-bond donors (Lipinski definition) is 1. The number of halogens is 1. The molecule has 88 valence electrons. The normalized spacial score (nSPS) is 17.9. The fourth-order valence-electron chi connectivity index (χ4n) is 1.98. The second-order valence-electron chi connectivity index (χ2n) is 4.57. The minimum atomic E-state index is 0.430. The van der Waals surface area contributed by atoms with Crippen LogP contribution in [0.25, 0.3) is 0 Å². The summed E-state index contributed by atoms with van der Waals surface area (Å²) in [6.45, 7) is 4.43. The molecule has 1 aliphatic carbocycles. The van der Waals surface area contributed by atoms with Crippen molar-refractivity contribution in [3.05, 3.63) is 17.6 Å². The first-order valence-corrected chi connectivity index (χ1v) is 6.99. The highest BCUT2D eigenvalue weighted by Gasteiger charge is 2.19. The summed E-state index contributed by atoms with van der Waals surface area (Å²) >= 11 is 3.52. The average Bonchev–Trinajstić information content (AvgIpc) is 2.77. The zero-order valence-electron chi connectivity index (χ0n) is 9.83. The molecule has 1 heterocycles.